The van der Waals surface area contributed by atoms with Gasteiger partial charge in [0.15, 0.2) is 0 Å². The van der Waals surface area contributed by atoms with E-state index in [-0.39, 0.29) is 0 Å². The molecule has 0 saturated heterocycles. The Bertz CT molecular complexity index is 555. The van der Waals surface area contributed by atoms with Crippen LogP contribution in [0, 0.1) is 0 Å². The quantitative estimate of drug-likeness (QED) is 0.928. The number of benzene rings is 2. The summed E-state index contributed by atoms with van der Waals surface area (Å²) in [5.74, 6) is 0.829. The van der Waals surface area contributed by atoms with Gasteiger partial charge in [-0.2, -0.15) is 0 Å². The van der Waals surface area contributed by atoms with Crippen LogP contribution in [0.15, 0.2) is 42.5 Å². The predicted molar refractivity (Wildman–Crippen MR) is 80.4 cm³/mol. The normalized spacial score (nSPS) is 10.3. The second kappa shape index (κ2) is 5.95. The first-order valence-electron chi connectivity index (χ1n) is 6.02. The van der Waals surface area contributed by atoms with E-state index in [9.17, 15) is 0 Å². The summed E-state index contributed by atoms with van der Waals surface area (Å²) in [6.07, 6.45) is 0. The monoisotopic (exact) mass is 276 g/mol. The molecule has 0 atom stereocenters. The van der Waals surface area contributed by atoms with E-state index in [0.717, 1.165) is 22.7 Å². The van der Waals surface area contributed by atoms with E-state index >= 15 is 0 Å². The molecule has 0 aromatic heterocycles. The van der Waals surface area contributed by atoms with Crippen molar-refractivity contribution in [2.24, 2.45) is 5.73 Å². The Balaban J connectivity index is 2.40. The molecule has 100 valence electrons. The molecule has 2 aromatic carbocycles. The van der Waals surface area contributed by atoms with Crippen molar-refractivity contribution >= 4 is 23.0 Å². The van der Waals surface area contributed by atoms with E-state index in [1.807, 2.05) is 54.4 Å². The number of hydrogen-bond donors (Lipinski definition) is 1. The summed E-state index contributed by atoms with van der Waals surface area (Å²) >= 11 is 6.29. The predicted octanol–water partition coefficient (Wildman–Crippen LogP) is 3.58. The molecule has 0 aliphatic carbocycles. The highest BCUT2D eigenvalue weighted by atomic mass is 35.5. The first-order valence-corrected chi connectivity index (χ1v) is 6.40. The van der Waals surface area contributed by atoms with Crippen LogP contribution in [0.4, 0.5) is 11.4 Å². The van der Waals surface area contributed by atoms with Crippen molar-refractivity contribution in [3.63, 3.8) is 0 Å². The van der Waals surface area contributed by atoms with Crippen LogP contribution in [0.1, 0.15) is 5.56 Å². The molecule has 0 spiro atoms. The number of ether oxygens (including phenoxy) is 1. The smallest absolute Gasteiger partial charge is 0.119 e. The fourth-order valence-corrected chi connectivity index (χ4v) is 2.36. The summed E-state index contributed by atoms with van der Waals surface area (Å²) < 4.78 is 5.16. The summed E-state index contributed by atoms with van der Waals surface area (Å²) in [5, 5.41) is 0.696. The fraction of sp³-hybridized carbons (Fsp3) is 0.200. The minimum atomic E-state index is 0.455. The van der Waals surface area contributed by atoms with Crippen molar-refractivity contribution in [2.75, 3.05) is 19.1 Å². The highest BCUT2D eigenvalue weighted by Gasteiger charge is 2.12. The van der Waals surface area contributed by atoms with Crippen molar-refractivity contribution in [1.29, 1.82) is 0 Å². The van der Waals surface area contributed by atoms with Crippen molar-refractivity contribution in [3.05, 3.63) is 53.1 Å². The molecule has 2 N–H and O–H groups in total. The third kappa shape index (κ3) is 2.83. The highest BCUT2D eigenvalue weighted by molar-refractivity contribution is 6.33. The fourth-order valence-electron chi connectivity index (χ4n) is 2.04. The Morgan fingerprint density at radius 1 is 1.16 bits per heavy atom. The van der Waals surface area contributed by atoms with Gasteiger partial charge in [0.05, 0.1) is 17.8 Å². The lowest BCUT2D eigenvalue weighted by molar-refractivity contribution is 0.415. The van der Waals surface area contributed by atoms with E-state index in [2.05, 4.69) is 0 Å². The maximum absolute atomic E-state index is 6.29. The van der Waals surface area contributed by atoms with Gasteiger partial charge in [0.1, 0.15) is 5.75 Å². The lowest BCUT2D eigenvalue weighted by Gasteiger charge is -2.23. The van der Waals surface area contributed by atoms with Crippen molar-refractivity contribution < 1.29 is 4.74 Å². The maximum Gasteiger partial charge on any atom is 0.119 e. The van der Waals surface area contributed by atoms with Crippen LogP contribution < -0.4 is 15.4 Å². The van der Waals surface area contributed by atoms with Crippen LogP contribution in [-0.2, 0) is 6.54 Å². The molecule has 0 bridgehead atoms. The molecule has 3 nitrogen and oxygen atoms in total. The van der Waals surface area contributed by atoms with E-state index < -0.39 is 0 Å². The molecule has 0 radical (unpaired) electrons. The minimum Gasteiger partial charge on any atom is -0.497 e. The lowest BCUT2D eigenvalue weighted by Crippen LogP contribution is -2.14. The average molecular weight is 277 g/mol. The van der Waals surface area contributed by atoms with E-state index in [1.165, 1.54) is 0 Å². The number of halogens is 1. The number of nitrogens with zero attached hydrogens (tertiary/aromatic N) is 1. The van der Waals surface area contributed by atoms with Gasteiger partial charge in [0.25, 0.3) is 0 Å². The second-order valence-electron chi connectivity index (χ2n) is 4.21. The van der Waals surface area contributed by atoms with Crippen LogP contribution in [0.25, 0.3) is 0 Å². The SMILES string of the molecule is COc1ccc(N(C)c2c(Cl)cccc2CN)cc1. The van der Waals surface area contributed by atoms with Gasteiger partial charge in [-0.3, -0.25) is 0 Å². The third-order valence-corrected chi connectivity index (χ3v) is 3.39. The molecule has 0 aliphatic rings. The Kier molecular flexibility index (Phi) is 4.30. The summed E-state index contributed by atoms with van der Waals surface area (Å²) in [4.78, 5) is 2.03. The molecule has 0 heterocycles. The van der Waals surface area contributed by atoms with E-state index in [1.54, 1.807) is 7.11 Å². The van der Waals surface area contributed by atoms with Crippen LogP contribution >= 0.6 is 11.6 Å². The van der Waals surface area contributed by atoms with Crippen LogP contribution in [-0.4, -0.2) is 14.2 Å². The zero-order chi connectivity index (χ0) is 13.8. The first-order chi connectivity index (χ1) is 9.17. The summed E-state index contributed by atoms with van der Waals surface area (Å²) in [6.45, 7) is 0.455. The standard InChI is InChI=1S/C15H17ClN2O/c1-18(12-6-8-13(19-2)9-7-12)15-11(10-17)4-3-5-14(15)16/h3-9H,10,17H2,1-2H3. The Morgan fingerprint density at radius 2 is 1.84 bits per heavy atom. The highest BCUT2D eigenvalue weighted by Crippen LogP contribution is 2.34. The zero-order valence-corrected chi connectivity index (χ0v) is 11.8. The largest absolute Gasteiger partial charge is 0.497 e. The molecule has 0 unspecified atom stereocenters. The Labute approximate surface area is 118 Å². The van der Waals surface area contributed by atoms with Gasteiger partial charge in [-0.1, -0.05) is 23.7 Å². The molecular weight excluding hydrogens is 260 g/mol. The molecule has 2 rings (SSSR count). The topological polar surface area (TPSA) is 38.5 Å². The average Bonchev–Trinajstić information content (AvgIpc) is 2.46. The van der Waals surface area contributed by atoms with Gasteiger partial charge in [0, 0.05) is 19.3 Å². The lowest BCUT2D eigenvalue weighted by atomic mass is 10.1. The summed E-state index contributed by atoms with van der Waals surface area (Å²) in [5.41, 5.74) is 8.77. The Hall–Kier alpha value is -1.71. The second-order valence-corrected chi connectivity index (χ2v) is 4.62. The van der Waals surface area contributed by atoms with Gasteiger partial charge in [0.2, 0.25) is 0 Å². The Morgan fingerprint density at radius 3 is 2.42 bits per heavy atom. The van der Waals surface area contributed by atoms with Crippen LogP contribution in [0.2, 0.25) is 5.02 Å². The molecule has 4 heteroatoms. The van der Waals surface area contributed by atoms with Crippen LogP contribution in [0.5, 0.6) is 5.75 Å². The van der Waals surface area contributed by atoms with Gasteiger partial charge in [-0.05, 0) is 35.9 Å². The van der Waals surface area contributed by atoms with E-state index in [0.29, 0.717) is 11.6 Å². The number of anilines is 2. The zero-order valence-electron chi connectivity index (χ0n) is 11.1. The van der Waals surface area contributed by atoms with Gasteiger partial charge in [-0.25, -0.2) is 0 Å². The minimum absolute atomic E-state index is 0.455. The maximum atomic E-state index is 6.29. The molecule has 0 fully saturated rings. The number of para-hydroxylation sites is 1. The van der Waals surface area contributed by atoms with Crippen molar-refractivity contribution in [1.82, 2.24) is 0 Å². The van der Waals surface area contributed by atoms with Gasteiger partial charge >= 0.3 is 0 Å². The van der Waals surface area contributed by atoms with Crippen LogP contribution in [0.3, 0.4) is 0 Å². The summed E-state index contributed by atoms with van der Waals surface area (Å²) in [6, 6.07) is 13.6. The third-order valence-electron chi connectivity index (χ3n) is 3.09. The number of hydrogen-bond acceptors (Lipinski definition) is 3. The molecule has 0 aliphatic heterocycles. The molecule has 19 heavy (non-hydrogen) atoms. The first kappa shape index (κ1) is 13.7. The molecule has 0 saturated carbocycles. The van der Waals surface area contributed by atoms with E-state index in [4.69, 9.17) is 22.1 Å². The molecule has 2 aromatic rings. The van der Waals surface area contributed by atoms with Gasteiger partial charge < -0.3 is 15.4 Å². The number of methoxy groups -OCH3 is 1. The molecular formula is C15H17ClN2O. The molecule has 0 amide bonds. The van der Waals surface area contributed by atoms with Crippen molar-refractivity contribution in [2.45, 2.75) is 6.54 Å². The summed E-state index contributed by atoms with van der Waals surface area (Å²) in [7, 11) is 3.63. The number of nitrogens with two attached hydrogens (primary N) is 1. The number of rotatable bonds is 4. The van der Waals surface area contributed by atoms with Crippen molar-refractivity contribution in [3.8, 4) is 5.75 Å². The van der Waals surface area contributed by atoms with Gasteiger partial charge in [-0.15, -0.1) is 0 Å².